The van der Waals surface area contributed by atoms with Crippen molar-refractivity contribution >= 4 is 17.4 Å². The number of anilines is 1. The first-order valence-corrected chi connectivity index (χ1v) is 4.71. The maximum atomic E-state index is 13.7. The summed E-state index contributed by atoms with van der Waals surface area (Å²) in [6.07, 6.45) is 1.66. The number of benzene rings is 1. The highest BCUT2D eigenvalue weighted by atomic mass is 35.5. The molecule has 0 radical (unpaired) electrons. The minimum Gasteiger partial charge on any atom is -0.382 e. The average molecular weight is 226 g/mol. The molecule has 0 amide bonds. The quantitative estimate of drug-likeness (QED) is 0.810. The van der Waals surface area contributed by atoms with Gasteiger partial charge in [-0.1, -0.05) is 23.7 Å². The summed E-state index contributed by atoms with van der Waals surface area (Å²) in [6, 6.07) is 4.79. The van der Waals surface area contributed by atoms with Crippen LogP contribution >= 0.6 is 11.6 Å². The smallest absolute Gasteiger partial charge is 0.153 e. The van der Waals surface area contributed by atoms with Crippen molar-refractivity contribution in [3.8, 4) is 11.1 Å². The summed E-state index contributed by atoms with van der Waals surface area (Å²) < 4.78 is 15.2. The first-order valence-electron chi connectivity index (χ1n) is 4.33. The summed E-state index contributed by atoms with van der Waals surface area (Å²) in [7, 11) is 1.72. The minimum atomic E-state index is -0.473. The number of aromatic nitrogens is 2. The second-order valence-corrected chi connectivity index (χ2v) is 3.61. The Bertz CT molecular complexity index is 507. The van der Waals surface area contributed by atoms with Crippen molar-refractivity contribution in [1.29, 1.82) is 0 Å². The molecule has 0 unspecified atom stereocenters. The molecule has 2 aromatic rings. The van der Waals surface area contributed by atoms with Gasteiger partial charge in [0.05, 0.1) is 5.02 Å². The lowest BCUT2D eigenvalue weighted by atomic mass is 10.1. The molecule has 3 nitrogen and oxygen atoms in total. The Balaban J connectivity index is 2.64. The second-order valence-electron chi connectivity index (χ2n) is 3.20. The van der Waals surface area contributed by atoms with Gasteiger partial charge >= 0.3 is 0 Å². The predicted octanol–water partition coefficient (Wildman–Crippen LogP) is 2.46. The highest BCUT2D eigenvalue weighted by Crippen LogP contribution is 2.30. The van der Waals surface area contributed by atoms with E-state index in [4.69, 9.17) is 17.3 Å². The molecular formula is C10H9ClFN3. The standard InChI is InChI=1S/C10H9ClFN3/c1-15-5-7(10(13)14-15)6-3-2-4-8(11)9(6)12/h2-5H,1H3,(H2,13,14). The number of halogens is 2. The zero-order valence-electron chi connectivity index (χ0n) is 8.04. The van der Waals surface area contributed by atoms with Crippen LogP contribution in [0.1, 0.15) is 0 Å². The van der Waals surface area contributed by atoms with E-state index >= 15 is 0 Å². The van der Waals surface area contributed by atoms with Gasteiger partial charge in [-0.3, -0.25) is 4.68 Å². The maximum absolute atomic E-state index is 13.7. The lowest BCUT2D eigenvalue weighted by molar-refractivity contribution is 0.632. The van der Waals surface area contributed by atoms with Crippen LogP contribution < -0.4 is 5.73 Å². The molecule has 2 N–H and O–H groups in total. The topological polar surface area (TPSA) is 43.8 Å². The lowest BCUT2D eigenvalue weighted by Crippen LogP contribution is -1.91. The van der Waals surface area contributed by atoms with Gasteiger partial charge in [0.15, 0.2) is 5.82 Å². The van der Waals surface area contributed by atoms with Crippen LogP contribution in [0.3, 0.4) is 0 Å². The van der Waals surface area contributed by atoms with E-state index in [0.29, 0.717) is 16.9 Å². The fraction of sp³-hybridized carbons (Fsp3) is 0.100. The van der Waals surface area contributed by atoms with E-state index in [2.05, 4.69) is 5.10 Å². The van der Waals surface area contributed by atoms with Gasteiger partial charge in [-0.25, -0.2) is 4.39 Å². The molecule has 0 aliphatic heterocycles. The highest BCUT2D eigenvalue weighted by molar-refractivity contribution is 6.31. The Morgan fingerprint density at radius 1 is 1.40 bits per heavy atom. The van der Waals surface area contributed by atoms with Gasteiger partial charge < -0.3 is 5.73 Å². The third-order valence-corrected chi connectivity index (χ3v) is 2.39. The van der Waals surface area contributed by atoms with Crippen LogP contribution in [0.4, 0.5) is 10.2 Å². The Kier molecular flexibility index (Phi) is 2.36. The molecule has 0 saturated heterocycles. The third kappa shape index (κ3) is 1.68. The number of nitrogens with two attached hydrogens (primary N) is 1. The first-order chi connectivity index (χ1) is 7.09. The van der Waals surface area contributed by atoms with Gasteiger partial charge in [0.25, 0.3) is 0 Å². The Morgan fingerprint density at radius 3 is 2.73 bits per heavy atom. The van der Waals surface area contributed by atoms with Crippen LogP contribution in [0.5, 0.6) is 0 Å². The van der Waals surface area contributed by atoms with Crippen molar-refractivity contribution < 1.29 is 4.39 Å². The van der Waals surface area contributed by atoms with Crippen molar-refractivity contribution in [3.05, 3.63) is 35.2 Å². The zero-order valence-corrected chi connectivity index (χ0v) is 8.79. The molecule has 0 atom stereocenters. The summed E-state index contributed by atoms with van der Waals surface area (Å²) in [5.74, 6) is -0.183. The molecule has 2 rings (SSSR count). The van der Waals surface area contributed by atoms with Gasteiger partial charge in [-0.2, -0.15) is 5.10 Å². The summed E-state index contributed by atoms with van der Waals surface area (Å²) >= 11 is 5.68. The van der Waals surface area contributed by atoms with E-state index < -0.39 is 5.82 Å². The molecule has 1 heterocycles. The summed E-state index contributed by atoms with van der Waals surface area (Å²) in [5, 5.41) is 4.02. The normalized spacial score (nSPS) is 10.6. The molecule has 15 heavy (non-hydrogen) atoms. The van der Waals surface area contributed by atoms with Crippen molar-refractivity contribution in [2.24, 2.45) is 7.05 Å². The van der Waals surface area contributed by atoms with E-state index in [1.54, 1.807) is 25.4 Å². The SMILES string of the molecule is Cn1cc(-c2cccc(Cl)c2F)c(N)n1. The fourth-order valence-electron chi connectivity index (χ4n) is 1.42. The van der Waals surface area contributed by atoms with Crippen LogP contribution in [0.2, 0.25) is 5.02 Å². The lowest BCUT2D eigenvalue weighted by Gasteiger charge is -2.02. The van der Waals surface area contributed by atoms with E-state index in [0.717, 1.165) is 0 Å². The average Bonchev–Trinajstić information content (AvgIpc) is 2.50. The maximum Gasteiger partial charge on any atom is 0.153 e. The molecule has 0 aliphatic carbocycles. The number of nitrogen functional groups attached to an aromatic ring is 1. The molecule has 78 valence electrons. The fourth-order valence-corrected chi connectivity index (χ4v) is 1.60. The number of hydrogen-bond donors (Lipinski definition) is 1. The monoisotopic (exact) mass is 225 g/mol. The molecule has 5 heteroatoms. The van der Waals surface area contributed by atoms with Gasteiger partial charge in [0.2, 0.25) is 0 Å². The predicted molar refractivity (Wildman–Crippen MR) is 58.0 cm³/mol. The van der Waals surface area contributed by atoms with Crippen LogP contribution in [0.25, 0.3) is 11.1 Å². The van der Waals surface area contributed by atoms with Gasteiger partial charge in [-0.05, 0) is 6.07 Å². The third-order valence-electron chi connectivity index (χ3n) is 2.10. The van der Waals surface area contributed by atoms with E-state index in [-0.39, 0.29) is 5.02 Å². The van der Waals surface area contributed by atoms with Crippen LogP contribution in [0.15, 0.2) is 24.4 Å². The number of hydrogen-bond acceptors (Lipinski definition) is 2. The molecule has 0 saturated carbocycles. The summed E-state index contributed by atoms with van der Waals surface area (Å²) in [4.78, 5) is 0. The Labute approximate surface area is 91.3 Å². The van der Waals surface area contributed by atoms with Gasteiger partial charge in [0.1, 0.15) is 5.82 Å². The van der Waals surface area contributed by atoms with Crippen LogP contribution in [-0.4, -0.2) is 9.78 Å². The molecule has 0 spiro atoms. The summed E-state index contributed by atoms with van der Waals surface area (Å²) in [6.45, 7) is 0. The van der Waals surface area contributed by atoms with E-state index in [1.807, 2.05) is 0 Å². The Hall–Kier alpha value is -1.55. The van der Waals surface area contributed by atoms with Crippen molar-refractivity contribution in [1.82, 2.24) is 9.78 Å². The summed E-state index contributed by atoms with van der Waals surface area (Å²) in [5.41, 5.74) is 6.57. The molecule has 1 aromatic heterocycles. The number of aryl methyl sites for hydroxylation is 1. The van der Waals surface area contributed by atoms with Crippen molar-refractivity contribution in [2.75, 3.05) is 5.73 Å². The largest absolute Gasteiger partial charge is 0.382 e. The molecule has 0 fully saturated rings. The van der Waals surface area contributed by atoms with Gasteiger partial charge in [0, 0.05) is 24.4 Å². The molecule has 0 bridgehead atoms. The minimum absolute atomic E-state index is 0.0794. The molecule has 0 aliphatic rings. The van der Waals surface area contributed by atoms with Crippen LogP contribution in [-0.2, 0) is 7.05 Å². The molecular weight excluding hydrogens is 217 g/mol. The highest BCUT2D eigenvalue weighted by Gasteiger charge is 2.13. The van der Waals surface area contributed by atoms with Crippen molar-refractivity contribution in [3.63, 3.8) is 0 Å². The number of rotatable bonds is 1. The second kappa shape index (κ2) is 3.55. The first kappa shape index (κ1) is 9.98. The van der Waals surface area contributed by atoms with E-state index in [9.17, 15) is 4.39 Å². The Morgan fingerprint density at radius 2 is 2.13 bits per heavy atom. The number of nitrogens with zero attached hydrogens (tertiary/aromatic N) is 2. The molecule has 1 aromatic carbocycles. The van der Waals surface area contributed by atoms with Crippen molar-refractivity contribution in [2.45, 2.75) is 0 Å². The van der Waals surface area contributed by atoms with E-state index in [1.165, 1.54) is 10.7 Å². The van der Waals surface area contributed by atoms with Gasteiger partial charge in [-0.15, -0.1) is 0 Å². The zero-order chi connectivity index (χ0) is 11.0. The van der Waals surface area contributed by atoms with Crippen LogP contribution in [0, 0.1) is 5.82 Å².